The van der Waals surface area contributed by atoms with Crippen LogP contribution in [0.25, 0.3) is 0 Å². The molecule has 0 spiro atoms. The Bertz CT molecular complexity index is 1380. The maximum absolute atomic E-state index is 13.8. The Labute approximate surface area is 250 Å². The van der Waals surface area contributed by atoms with Crippen molar-refractivity contribution < 1.29 is 4.39 Å². The predicted molar refractivity (Wildman–Crippen MR) is 169 cm³/mol. The van der Waals surface area contributed by atoms with E-state index >= 15 is 0 Å². The molecule has 2 fully saturated rings. The van der Waals surface area contributed by atoms with Crippen molar-refractivity contribution in [3.05, 3.63) is 106 Å². The van der Waals surface area contributed by atoms with Gasteiger partial charge in [-0.25, -0.2) is 4.39 Å². The molecule has 6 rings (SSSR count). The standard InChI is InChI=1S/C18H25N3.C17H22FN3/c1-14(2)21-18(16-8-10-19-11-9-16)13-17(20-21)12-15-6-4-3-5-7-15;1-2-21-17(13-7-9-19-10-8-13)12-15(20-21)11-14-5-3-4-6-16(14)18/h3-7,13-14,16,19H,8-12H2,1-2H3;3-6,12-13,19H,2,7-11H2,1H3. The molecule has 7 heteroatoms. The number of aryl methyl sites for hydroxylation is 1. The van der Waals surface area contributed by atoms with Crippen molar-refractivity contribution in [1.82, 2.24) is 30.2 Å². The van der Waals surface area contributed by atoms with Gasteiger partial charge in [0, 0.05) is 48.7 Å². The van der Waals surface area contributed by atoms with Crippen molar-refractivity contribution in [1.29, 1.82) is 0 Å². The molecule has 2 N–H and O–H groups in total. The summed E-state index contributed by atoms with van der Waals surface area (Å²) in [4.78, 5) is 0. The Hall–Kier alpha value is -3.29. The fourth-order valence-electron chi connectivity index (χ4n) is 6.30. The van der Waals surface area contributed by atoms with Crippen LogP contribution in [0.15, 0.2) is 66.7 Å². The lowest BCUT2D eigenvalue weighted by Crippen LogP contribution is -2.28. The summed E-state index contributed by atoms with van der Waals surface area (Å²) in [5.74, 6) is 1.09. The number of halogens is 1. The molecule has 0 radical (unpaired) electrons. The van der Waals surface area contributed by atoms with E-state index in [4.69, 9.17) is 5.10 Å². The lowest BCUT2D eigenvalue weighted by Gasteiger charge is -2.24. The number of aromatic nitrogens is 4. The van der Waals surface area contributed by atoms with Crippen LogP contribution in [0.2, 0.25) is 0 Å². The normalized spacial score (nSPS) is 16.4. The van der Waals surface area contributed by atoms with Gasteiger partial charge in [0.25, 0.3) is 0 Å². The molecule has 0 unspecified atom stereocenters. The molecule has 42 heavy (non-hydrogen) atoms. The summed E-state index contributed by atoms with van der Waals surface area (Å²) < 4.78 is 18.1. The van der Waals surface area contributed by atoms with Crippen molar-refractivity contribution in [2.45, 2.75) is 83.7 Å². The summed E-state index contributed by atoms with van der Waals surface area (Å²) in [6.07, 6.45) is 6.26. The zero-order chi connectivity index (χ0) is 29.3. The smallest absolute Gasteiger partial charge is 0.126 e. The van der Waals surface area contributed by atoms with Gasteiger partial charge in [-0.2, -0.15) is 10.2 Å². The van der Waals surface area contributed by atoms with Crippen LogP contribution in [0.3, 0.4) is 0 Å². The molecule has 6 nitrogen and oxygen atoms in total. The highest BCUT2D eigenvalue weighted by Gasteiger charge is 2.22. The topological polar surface area (TPSA) is 59.7 Å². The van der Waals surface area contributed by atoms with E-state index < -0.39 is 0 Å². The molecule has 4 heterocycles. The van der Waals surface area contributed by atoms with E-state index in [1.807, 2.05) is 12.1 Å². The maximum atomic E-state index is 13.8. The van der Waals surface area contributed by atoms with Crippen molar-refractivity contribution >= 4 is 0 Å². The second-order valence-corrected chi connectivity index (χ2v) is 12.0. The van der Waals surface area contributed by atoms with E-state index in [1.54, 1.807) is 6.07 Å². The minimum absolute atomic E-state index is 0.146. The lowest BCUT2D eigenvalue weighted by molar-refractivity contribution is 0.412. The van der Waals surface area contributed by atoms with Crippen LogP contribution in [0, 0.1) is 5.82 Å². The number of hydrogen-bond acceptors (Lipinski definition) is 4. The van der Waals surface area contributed by atoms with Gasteiger partial charge in [-0.1, -0.05) is 48.5 Å². The van der Waals surface area contributed by atoms with E-state index in [0.717, 1.165) is 63.2 Å². The first-order valence-corrected chi connectivity index (χ1v) is 15.9. The van der Waals surface area contributed by atoms with E-state index in [-0.39, 0.29) is 5.82 Å². The zero-order valence-electron chi connectivity index (χ0n) is 25.5. The molecule has 2 aliphatic heterocycles. The fourth-order valence-corrected chi connectivity index (χ4v) is 6.30. The highest BCUT2D eigenvalue weighted by atomic mass is 19.1. The first-order valence-electron chi connectivity index (χ1n) is 15.9. The molecular formula is C35H47FN6. The number of hydrogen-bond donors (Lipinski definition) is 2. The molecule has 0 saturated carbocycles. The zero-order valence-corrected chi connectivity index (χ0v) is 25.5. The Morgan fingerprint density at radius 1 is 0.762 bits per heavy atom. The Morgan fingerprint density at radius 3 is 1.95 bits per heavy atom. The summed E-state index contributed by atoms with van der Waals surface area (Å²) in [6.45, 7) is 11.8. The quantitative estimate of drug-likeness (QED) is 0.250. The van der Waals surface area contributed by atoms with Crippen LogP contribution >= 0.6 is 0 Å². The minimum atomic E-state index is -0.146. The monoisotopic (exact) mass is 570 g/mol. The SMILES string of the molecule is CC(C)n1nc(Cc2ccccc2)cc1C1CCNCC1.CCn1nc(Cc2ccccc2F)cc1C1CCNCC1. The lowest BCUT2D eigenvalue weighted by atomic mass is 9.94. The third-order valence-corrected chi connectivity index (χ3v) is 8.54. The van der Waals surface area contributed by atoms with Gasteiger partial charge in [-0.3, -0.25) is 9.36 Å². The Morgan fingerprint density at radius 2 is 1.33 bits per heavy atom. The molecule has 4 aromatic rings. The first kappa shape index (κ1) is 30.2. The second kappa shape index (κ2) is 14.7. The molecule has 2 aromatic carbocycles. The third kappa shape index (κ3) is 7.75. The molecule has 224 valence electrons. The van der Waals surface area contributed by atoms with Gasteiger partial charge in [-0.05, 0) is 102 Å². The Kier molecular flexibility index (Phi) is 10.6. The molecule has 2 saturated heterocycles. The highest BCUT2D eigenvalue weighted by Crippen LogP contribution is 2.29. The molecule has 0 aliphatic carbocycles. The average molecular weight is 571 g/mol. The number of piperidine rings is 2. The first-order chi connectivity index (χ1) is 20.5. The molecular weight excluding hydrogens is 523 g/mol. The van der Waals surface area contributed by atoms with Crippen LogP contribution in [-0.2, 0) is 19.4 Å². The largest absolute Gasteiger partial charge is 0.317 e. The molecule has 0 amide bonds. The number of benzene rings is 2. The van der Waals surface area contributed by atoms with Crippen molar-refractivity contribution in [2.24, 2.45) is 0 Å². The van der Waals surface area contributed by atoms with E-state index in [1.165, 1.54) is 41.6 Å². The third-order valence-electron chi connectivity index (χ3n) is 8.54. The van der Waals surface area contributed by atoms with Crippen LogP contribution in [0.5, 0.6) is 0 Å². The van der Waals surface area contributed by atoms with Crippen LogP contribution in [0.1, 0.15) is 98.2 Å². The van der Waals surface area contributed by atoms with E-state index in [2.05, 4.69) is 88.3 Å². The number of rotatable bonds is 8. The molecule has 2 aliphatic rings. The molecule has 2 aromatic heterocycles. The summed E-state index contributed by atoms with van der Waals surface area (Å²) in [6, 6.07) is 22.5. The van der Waals surface area contributed by atoms with E-state index in [0.29, 0.717) is 24.3 Å². The Balaban J connectivity index is 0.000000168. The van der Waals surface area contributed by atoms with Crippen LogP contribution < -0.4 is 10.6 Å². The van der Waals surface area contributed by atoms with Gasteiger partial charge in [0.05, 0.1) is 11.4 Å². The van der Waals surface area contributed by atoms with Gasteiger partial charge in [0.2, 0.25) is 0 Å². The summed E-state index contributed by atoms with van der Waals surface area (Å²) in [5, 5.41) is 16.4. The number of nitrogens with zero attached hydrogens (tertiary/aromatic N) is 4. The van der Waals surface area contributed by atoms with Crippen molar-refractivity contribution in [2.75, 3.05) is 26.2 Å². The maximum Gasteiger partial charge on any atom is 0.126 e. The van der Waals surface area contributed by atoms with Gasteiger partial charge in [0.15, 0.2) is 0 Å². The van der Waals surface area contributed by atoms with E-state index in [9.17, 15) is 4.39 Å². The second-order valence-electron chi connectivity index (χ2n) is 12.0. The van der Waals surface area contributed by atoms with Crippen molar-refractivity contribution in [3.63, 3.8) is 0 Å². The van der Waals surface area contributed by atoms with Gasteiger partial charge >= 0.3 is 0 Å². The summed E-state index contributed by atoms with van der Waals surface area (Å²) in [7, 11) is 0. The average Bonchev–Trinajstić information content (AvgIpc) is 3.64. The van der Waals surface area contributed by atoms with Gasteiger partial charge < -0.3 is 10.6 Å². The predicted octanol–water partition coefficient (Wildman–Crippen LogP) is 6.62. The van der Waals surface area contributed by atoms with Gasteiger partial charge in [-0.15, -0.1) is 0 Å². The molecule has 0 bridgehead atoms. The van der Waals surface area contributed by atoms with Gasteiger partial charge in [0.1, 0.15) is 5.82 Å². The number of nitrogens with one attached hydrogen (secondary N) is 2. The van der Waals surface area contributed by atoms with Crippen LogP contribution in [0.4, 0.5) is 4.39 Å². The highest BCUT2D eigenvalue weighted by molar-refractivity contribution is 5.26. The molecule has 0 atom stereocenters. The summed E-state index contributed by atoms with van der Waals surface area (Å²) in [5.41, 5.74) is 6.96. The van der Waals surface area contributed by atoms with Crippen molar-refractivity contribution in [3.8, 4) is 0 Å². The fraction of sp³-hybridized carbons (Fsp3) is 0.486. The van der Waals surface area contributed by atoms with Crippen LogP contribution in [-0.4, -0.2) is 45.7 Å². The minimum Gasteiger partial charge on any atom is -0.317 e. The summed E-state index contributed by atoms with van der Waals surface area (Å²) >= 11 is 0.